The minimum atomic E-state index is 0.105. The van der Waals surface area contributed by atoms with Gasteiger partial charge in [-0.05, 0) is 117 Å². The van der Waals surface area contributed by atoms with E-state index >= 15 is 0 Å². The second-order valence-corrected chi connectivity index (χ2v) is 18.2. The third-order valence-electron chi connectivity index (χ3n) is 13.7. The summed E-state index contributed by atoms with van der Waals surface area (Å²) in [5.74, 6) is 0. The van der Waals surface area contributed by atoms with Crippen LogP contribution in [0.15, 0.2) is 212 Å². The summed E-state index contributed by atoms with van der Waals surface area (Å²) in [5, 5.41) is 2.66. The molecule has 1 nitrogen and oxygen atoms in total. The summed E-state index contributed by atoms with van der Waals surface area (Å²) in [6.45, 7) is 0. The summed E-state index contributed by atoms with van der Waals surface area (Å²) in [5.41, 5.74) is 19.1. The molecular formula is C60H45NS. The predicted octanol–water partition coefficient (Wildman–Crippen LogP) is 17.4. The van der Waals surface area contributed by atoms with Gasteiger partial charge in [0.05, 0.1) is 5.69 Å². The first-order valence-corrected chi connectivity index (χ1v) is 22.9. The lowest BCUT2D eigenvalue weighted by atomic mass is 9.68. The van der Waals surface area contributed by atoms with Crippen LogP contribution >= 0.6 is 11.3 Å². The van der Waals surface area contributed by atoms with E-state index in [2.05, 4.69) is 217 Å². The van der Waals surface area contributed by atoms with Gasteiger partial charge in [-0.2, -0.15) is 0 Å². The van der Waals surface area contributed by atoms with E-state index in [4.69, 9.17) is 0 Å². The number of benzene rings is 9. The molecule has 0 unspecified atom stereocenters. The van der Waals surface area contributed by atoms with Crippen molar-refractivity contribution in [3.05, 3.63) is 223 Å². The van der Waals surface area contributed by atoms with Gasteiger partial charge in [0.25, 0.3) is 0 Å². The molecule has 0 bridgehead atoms. The van der Waals surface area contributed by atoms with E-state index in [1.54, 1.807) is 0 Å². The Morgan fingerprint density at radius 2 is 0.903 bits per heavy atom. The van der Waals surface area contributed by atoms with Crippen LogP contribution in [0.25, 0.3) is 75.8 Å². The Hall–Kier alpha value is -7.00. The zero-order valence-electron chi connectivity index (χ0n) is 34.6. The number of hydrogen-bond acceptors (Lipinski definition) is 2. The first-order valence-electron chi connectivity index (χ1n) is 22.1. The largest absolute Gasteiger partial charge is 0.310 e. The Morgan fingerprint density at radius 3 is 1.69 bits per heavy atom. The second-order valence-electron chi connectivity index (χ2n) is 17.1. The molecule has 0 atom stereocenters. The molecule has 1 spiro atoms. The first kappa shape index (κ1) is 36.8. The summed E-state index contributed by atoms with van der Waals surface area (Å²) >= 11 is 1.88. The molecule has 1 fully saturated rings. The van der Waals surface area contributed by atoms with Crippen molar-refractivity contribution in [2.75, 3.05) is 4.90 Å². The van der Waals surface area contributed by atoms with Gasteiger partial charge in [-0.25, -0.2) is 0 Å². The fraction of sp³-hybridized carbons (Fsp3) is 0.100. The van der Waals surface area contributed by atoms with E-state index in [1.165, 1.54) is 125 Å². The minimum absolute atomic E-state index is 0.105. The van der Waals surface area contributed by atoms with Gasteiger partial charge in [0, 0.05) is 42.5 Å². The quantitative estimate of drug-likeness (QED) is 0.155. The monoisotopic (exact) mass is 811 g/mol. The molecule has 10 aromatic rings. The van der Waals surface area contributed by atoms with Crippen LogP contribution in [-0.2, 0) is 5.41 Å². The highest BCUT2D eigenvalue weighted by Gasteiger charge is 2.43. The molecule has 1 saturated carbocycles. The molecule has 12 rings (SSSR count). The van der Waals surface area contributed by atoms with Crippen molar-refractivity contribution in [3.63, 3.8) is 0 Å². The van der Waals surface area contributed by atoms with Crippen LogP contribution in [0.4, 0.5) is 17.1 Å². The average Bonchev–Trinajstić information content (AvgIpc) is 3.85. The molecule has 0 saturated heterocycles. The molecule has 0 amide bonds. The van der Waals surface area contributed by atoms with Gasteiger partial charge in [0.15, 0.2) is 0 Å². The van der Waals surface area contributed by atoms with Gasteiger partial charge in [-0.3, -0.25) is 0 Å². The number of hydrogen-bond donors (Lipinski definition) is 0. The third kappa shape index (κ3) is 6.04. The fourth-order valence-electron chi connectivity index (χ4n) is 10.9. The van der Waals surface area contributed by atoms with Gasteiger partial charge >= 0.3 is 0 Å². The highest BCUT2D eigenvalue weighted by atomic mass is 32.1. The zero-order chi connectivity index (χ0) is 41.0. The third-order valence-corrected chi connectivity index (χ3v) is 14.9. The number of anilines is 3. The van der Waals surface area contributed by atoms with E-state index in [-0.39, 0.29) is 5.41 Å². The van der Waals surface area contributed by atoms with Crippen LogP contribution in [0.2, 0.25) is 0 Å². The maximum Gasteiger partial charge on any atom is 0.0540 e. The van der Waals surface area contributed by atoms with Crippen molar-refractivity contribution < 1.29 is 0 Å². The summed E-state index contributed by atoms with van der Waals surface area (Å²) in [6, 6.07) is 79.1. The molecule has 0 aliphatic heterocycles. The highest BCUT2D eigenvalue weighted by Crippen LogP contribution is 2.57. The number of rotatable bonds is 7. The number of thiophene rings is 1. The number of fused-ring (bicyclic) bond motifs is 8. The first-order chi connectivity index (χ1) is 30.7. The van der Waals surface area contributed by atoms with Crippen LogP contribution in [0.5, 0.6) is 0 Å². The number of nitrogens with zero attached hydrogens (tertiary/aromatic N) is 1. The molecule has 0 N–H and O–H groups in total. The van der Waals surface area contributed by atoms with E-state index in [9.17, 15) is 0 Å². The standard InChI is InChI=1S/C60H45NS/c1-3-17-42(18-4-1)46-19-5-6-20-47(46)48-21-7-8-22-49(48)51-24-10-13-27-57(51)61(45-34-36-56-54(40-45)50-23-9-12-26-55(50)60(56)37-15-2-16-38-60)44-32-29-41(30-33-44)43-31-35-53-52-25-11-14-28-58(52)62-59(53)39-43/h1,3-14,17-36,39-40H,2,15-16,37-38H2. The van der Waals surface area contributed by atoms with Gasteiger partial charge in [0.1, 0.15) is 0 Å². The van der Waals surface area contributed by atoms with Gasteiger partial charge < -0.3 is 4.90 Å². The van der Waals surface area contributed by atoms with Crippen molar-refractivity contribution in [2.24, 2.45) is 0 Å². The Bertz CT molecular complexity index is 3280. The van der Waals surface area contributed by atoms with Crippen molar-refractivity contribution in [3.8, 4) is 55.6 Å². The lowest BCUT2D eigenvalue weighted by Gasteiger charge is -2.36. The molecule has 296 valence electrons. The Kier molecular flexibility index (Phi) is 9.01. The van der Waals surface area contributed by atoms with Crippen molar-refractivity contribution >= 4 is 48.6 Å². The van der Waals surface area contributed by atoms with Crippen LogP contribution in [0.3, 0.4) is 0 Å². The SMILES string of the molecule is c1ccc(-c2ccccc2-c2ccccc2-c2ccccc2N(c2ccc(-c3ccc4c(c3)sc3ccccc34)cc2)c2ccc3c(c2)-c2ccccc2C32CCCCC2)cc1. The lowest BCUT2D eigenvalue weighted by molar-refractivity contribution is 0.353. The fourth-order valence-corrected chi connectivity index (χ4v) is 12.0. The Morgan fingerprint density at radius 1 is 0.339 bits per heavy atom. The van der Waals surface area contributed by atoms with Gasteiger partial charge in [-0.15, -0.1) is 11.3 Å². The molecule has 1 aromatic heterocycles. The van der Waals surface area contributed by atoms with E-state index in [0.717, 1.165) is 11.4 Å². The molecule has 2 aliphatic rings. The summed E-state index contributed by atoms with van der Waals surface area (Å²) in [6.07, 6.45) is 6.33. The van der Waals surface area contributed by atoms with Gasteiger partial charge in [0.2, 0.25) is 0 Å². The van der Waals surface area contributed by atoms with Crippen LogP contribution in [-0.4, -0.2) is 0 Å². The normalized spacial score (nSPS) is 13.9. The molecular weight excluding hydrogens is 767 g/mol. The number of para-hydroxylation sites is 1. The van der Waals surface area contributed by atoms with Crippen LogP contribution < -0.4 is 4.90 Å². The van der Waals surface area contributed by atoms with Crippen molar-refractivity contribution in [2.45, 2.75) is 37.5 Å². The topological polar surface area (TPSA) is 3.24 Å². The van der Waals surface area contributed by atoms with Crippen LogP contribution in [0.1, 0.15) is 43.2 Å². The molecule has 9 aromatic carbocycles. The van der Waals surface area contributed by atoms with E-state index in [0.29, 0.717) is 0 Å². The van der Waals surface area contributed by atoms with Crippen LogP contribution in [0, 0.1) is 0 Å². The van der Waals surface area contributed by atoms with Crippen molar-refractivity contribution in [1.29, 1.82) is 0 Å². The Labute approximate surface area is 368 Å². The molecule has 1 heterocycles. The second kappa shape index (κ2) is 15.2. The lowest BCUT2D eigenvalue weighted by Crippen LogP contribution is -2.28. The summed E-state index contributed by atoms with van der Waals surface area (Å²) < 4.78 is 2.66. The maximum absolute atomic E-state index is 2.50. The molecule has 2 aliphatic carbocycles. The predicted molar refractivity (Wildman–Crippen MR) is 265 cm³/mol. The summed E-state index contributed by atoms with van der Waals surface area (Å²) in [7, 11) is 0. The van der Waals surface area contributed by atoms with Gasteiger partial charge in [-0.1, -0.05) is 189 Å². The zero-order valence-corrected chi connectivity index (χ0v) is 35.4. The molecule has 0 radical (unpaired) electrons. The van der Waals surface area contributed by atoms with E-state index < -0.39 is 0 Å². The average molecular weight is 812 g/mol. The minimum Gasteiger partial charge on any atom is -0.310 e. The molecule has 62 heavy (non-hydrogen) atoms. The van der Waals surface area contributed by atoms with Crippen molar-refractivity contribution in [1.82, 2.24) is 0 Å². The van der Waals surface area contributed by atoms with E-state index in [1.807, 2.05) is 11.3 Å². The maximum atomic E-state index is 2.50. The Balaban J connectivity index is 1.03. The molecule has 2 heteroatoms. The smallest absolute Gasteiger partial charge is 0.0540 e. The summed E-state index contributed by atoms with van der Waals surface area (Å²) in [4.78, 5) is 2.50. The highest BCUT2D eigenvalue weighted by molar-refractivity contribution is 7.25.